The summed E-state index contributed by atoms with van der Waals surface area (Å²) in [6.45, 7) is 5.16. The lowest BCUT2D eigenvalue weighted by molar-refractivity contribution is -0.126. The van der Waals surface area contributed by atoms with Crippen LogP contribution in [0.15, 0.2) is 24.3 Å². The fraction of sp³-hybridized carbons (Fsp3) is 0.500. The fourth-order valence-electron chi connectivity index (χ4n) is 2.65. The van der Waals surface area contributed by atoms with Crippen LogP contribution in [0.3, 0.4) is 0 Å². The molecule has 2 heteroatoms. The van der Waals surface area contributed by atoms with E-state index in [4.69, 9.17) is 0 Å². The van der Waals surface area contributed by atoms with E-state index >= 15 is 0 Å². The number of carbonyl (C=O) groups is 1. The summed E-state index contributed by atoms with van der Waals surface area (Å²) in [6.07, 6.45) is 8.72. The summed E-state index contributed by atoms with van der Waals surface area (Å²) in [5.41, 5.74) is 3.64. The number of amides is 1. The number of hydrogen-bond donors (Lipinski definition) is 0. The van der Waals surface area contributed by atoms with Crippen molar-refractivity contribution in [2.24, 2.45) is 5.92 Å². The topological polar surface area (TPSA) is 20.3 Å². The Labute approximate surface area is 121 Å². The smallest absolute Gasteiger partial charge is 0.246 e. The van der Waals surface area contributed by atoms with Crippen LogP contribution in [0.1, 0.15) is 42.4 Å². The molecule has 3 rings (SSSR count). The molecule has 1 aromatic carbocycles. The minimum atomic E-state index is 0.194. The van der Waals surface area contributed by atoms with Gasteiger partial charge < -0.3 is 4.90 Å². The lowest BCUT2D eigenvalue weighted by Crippen LogP contribution is -2.33. The molecule has 0 heterocycles. The van der Waals surface area contributed by atoms with Gasteiger partial charge in [0.2, 0.25) is 5.91 Å². The first kappa shape index (κ1) is 13.4. The van der Waals surface area contributed by atoms with E-state index in [-0.39, 0.29) is 5.91 Å². The molecule has 2 saturated carbocycles. The highest BCUT2D eigenvalue weighted by atomic mass is 16.2. The largest absolute Gasteiger partial charge is 0.336 e. The van der Waals surface area contributed by atoms with Crippen molar-refractivity contribution in [1.82, 2.24) is 4.90 Å². The molecule has 20 heavy (non-hydrogen) atoms. The van der Waals surface area contributed by atoms with E-state index in [0.717, 1.165) is 18.0 Å². The highest BCUT2D eigenvalue weighted by Crippen LogP contribution is 2.35. The van der Waals surface area contributed by atoms with Gasteiger partial charge in [-0.1, -0.05) is 23.8 Å². The number of benzene rings is 1. The lowest BCUT2D eigenvalue weighted by atomic mass is 10.1. The third-order valence-corrected chi connectivity index (χ3v) is 4.25. The molecule has 1 aromatic rings. The van der Waals surface area contributed by atoms with Gasteiger partial charge in [0.15, 0.2) is 0 Å². The molecule has 0 aromatic heterocycles. The van der Waals surface area contributed by atoms with Crippen LogP contribution in [0.25, 0.3) is 6.08 Å². The van der Waals surface area contributed by atoms with E-state index in [1.165, 1.54) is 36.8 Å². The molecule has 0 N–H and O–H groups in total. The zero-order valence-electron chi connectivity index (χ0n) is 12.4. The molecule has 0 bridgehead atoms. The molecule has 0 saturated heterocycles. The third-order valence-electron chi connectivity index (χ3n) is 4.25. The van der Waals surface area contributed by atoms with Crippen LogP contribution in [-0.4, -0.2) is 23.4 Å². The molecule has 1 amide bonds. The van der Waals surface area contributed by atoms with Gasteiger partial charge in [0, 0.05) is 18.7 Å². The second-order valence-corrected chi connectivity index (χ2v) is 6.36. The quantitative estimate of drug-likeness (QED) is 0.746. The van der Waals surface area contributed by atoms with Crippen molar-refractivity contribution in [3.05, 3.63) is 41.0 Å². The van der Waals surface area contributed by atoms with Crippen molar-refractivity contribution in [1.29, 1.82) is 0 Å². The minimum absolute atomic E-state index is 0.194. The number of aryl methyl sites for hydroxylation is 2. The Morgan fingerprint density at radius 1 is 1.25 bits per heavy atom. The highest BCUT2D eigenvalue weighted by molar-refractivity contribution is 5.92. The summed E-state index contributed by atoms with van der Waals surface area (Å²) in [5, 5.41) is 0. The van der Waals surface area contributed by atoms with Crippen LogP contribution < -0.4 is 0 Å². The predicted molar refractivity (Wildman–Crippen MR) is 82.4 cm³/mol. The van der Waals surface area contributed by atoms with E-state index in [1.807, 2.05) is 6.08 Å². The Balaban J connectivity index is 1.68. The molecule has 2 nitrogen and oxygen atoms in total. The minimum Gasteiger partial charge on any atom is -0.336 e. The van der Waals surface area contributed by atoms with Crippen molar-refractivity contribution >= 4 is 12.0 Å². The molecular formula is C18H23NO. The van der Waals surface area contributed by atoms with Gasteiger partial charge in [-0.05, 0) is 62.7 Å². The Morgan fingerprint density at radius 3 is 2.60 bits per heavy atom. The maximum absolute atomic E-state index is 12.4. The van der Waals surface area contributed by atoms with Gasteiger partial charge >= 0.3 is 0 Å². The van der Waals surface area contributed by atoms with Crippen LogP contribution >= 0.6 is 0 Å². The third kappa shape index (κ3) is 3.30. The zero-order chi connectivity index (χ0) is 14.1. The van der Waals surface area contributed by atoms with Crippen LogP contribution in [0.2, 0.25) is 0 Å². The summed E-state index contributed by atoms with van der Waals surface area (Å²) >= 11 is 0. The van der Waals surface area contributed by atoms with Crippen molar-refractivity contribution in [2.75, 3.05) is 6.54 Å². The van der Waals surface area contributed by atoms with Gasteiger partial charge in [-0.15, -0.1) is 0 Å². The molecule has 106 valence electrons. The molecule has 0 unspecified atom stereocenters. The van der Waals surface area contributed by atoms with Crippen molar-refractivity contribution in [3.63, 3.8) is 0 Å². The molecule has 0 spiro atoms. The molecule has 2 aliphatic carbocycles. The second-order valence-electron chi connectivity index (χ2n) is 6.36. The van der Waals surface area contributed by atoms with Crippen LogP contribution in [-0.2, 0) is 4.79 Å². The Hall–Kier alpha value is -1.57. The van der Waals surface area contributed by atoms with Gasteiger partial charge in [0.25, 0.3) is 0 Å². The summed E-state index contributed by atoms with van der Waals surface area (Å²) < 4.78 is 0. The van der Waals surface area contributed by atoms with Gasteiger partial charge in [0.1, 0.15) is 0 Å². The van der Waals surface area contributed by atoms with Gasteiger partial charge in [-0.2, -0.15) is 0 Å². The van der Waals surface area contributed by atoms with Crippen LogP contribution in [0.4, 0.5) is 0 Å². The Bertz CT molecular complexity index is 538. The summed E-state index contributed by atoms with van der Waals surface area (Å²) in [5.74, 6) is 0.966. The van der Waals surface area contributed by atoms with Gasteiger partial charge in [-0.3, -0.25) is 4.79 Å². The molecule has 0 radical (unpaired) electrons. The van der Waals surface area contributed by atoms with Crippen molar-refractivity contribution in [2.45, 2.75) is 45.6 Å². The monoisotopic (exact) mass is 269 g/mol. The standard InChI is InChI=1S/C18H23NO/c1-13-3-6-16(14(2)11-13)7-10-18(20)19(17-8-9-17)12-15-4-5-15/h3,6-7,10-11,15,17H,4-5,8-9,12H2,1-2H3/b10-7+. The average molecular weight is 269 g/mol. The maximum atomic E-state index is 12.4. The van der Waals surface area contributed by atoms with E-state index in [0.29, 0.717) is 6.04 Å². The summed E-state index contributed by atoms with van der Waals surface area (Å²) in [7, 11) is 0. The molecular weight excluding hydrogens is 246 g/mol. The number of nitrogens with zero attached hydrogens (tertiary/aromatic N) is 1. The van der Waals surface area contributed by atoms with E-state index in [1.54, 1.807) is 6.08 Å². The molecule has 2 fully saturated rings. The van der Waals surface area contributed by atoms with Crippen molar-refractivity contribution < 1.29 is 4.79 Å². The van der Waals surface area contributed by atoms with E-state index in [9.17, 15) is 4.79 Å². The number of rotatable bonds is 5. The first-order valence-corrected chi connectivity index (χ1v) is 7.69. The average Bonchev–Trinajstić information content (AvgIpc) is 3.26. The maximum Gasteiger partial charge on any atom is 0.246 e. The first-order valence-electron chi connectivity index (χ1n) is 7.69. The molecule has 2 aliphatic rings. The van der Waals surface area contributed by atoms with Gasteiger partial charge in [0.05, 0.1) is 0 Å². The van der Waals surface area contributed by atoms with E-state index in [2.05, 4.69) is 36.9 Å². The Morgan fingerprint density at radius 2 is 2.00 bits per heavy atom. The number of hydrogen-bond acceptors (Lipinski definition) is 1. The Kier molecular flexibility index (Phi) is 3.64. The zero-order valence-corrected chi connectivity index (χ0v) is 12.4. The van der Waals surface area contributed by atoms with Crippen LogP contribution in [0.5, 0.6) is 0 Å². The predicted octanol–water partition coefficient (Wildman–Crippen LogP) is 3.72. The second kappa shape index (κ2) is 5.43. The summed E-state index contributed by atoms with van der Waals surface area (Å²) in [4.78, 5) is 14.5. The first-order chi connectivity index (χ1) is 9.63. The molecule has 0 aliphatic heterocycles. The van der Waals surface area contributed by atoms with Crippen molar-refractivity contribution in [3.8, 4) is 0 Å². The normalized spacial score (nSPS) is 18.5. The van der Waals surface area contributed by atoms with Gasteiger partial charge in [-0.25, -0.2) is 0 Å². The molecule has 0 atom stereocenters. The summed E-state index contributed by atoms with van der Waals surface area (Å²) in [6, 6.07) is 6.87. The SMILES string of the molecule is Cc1ccc(/C=C/C(=O)N(CC2CC2)C2CC2)c(C)c1. The number of carbonyl (C=O) groups excluding carboxylic acids is 1. The fourth-order valence-corrected chi connectivity index (χ4v) is 2.65. The van der Waals surface area contributed by atoms with E-state index < -0.39 is 0 Å². The lowest BCUT2D eigenvalue weighted by Gasteiger charge is -2.20. The van der Waals surface area contributed by atoms with Crippen LogP contribution in [0, 0.1) is 19.8 Å². The highest BCUT2D eigenvalue weighted by Gasteiger charge is 2.35.